The van der Waals surface area contributed by atoms with Gasteiger partial charge in [0.25, 0.3) is 0 Å². The summed E-state index contributed by atoms with van der Waals surface area (Å²) in [6, 6.07) is 2.29. The van der Waals surface area contributed by atoms with Crippen LogP contribution in [-0.2, 0) is 0 Å². The molecule has 1 atom stereocenters. The van der Waals surface area contributed by atoms with Gasteiger partial charge in [0.15, 0.2) is 0 Å². The fourth-order valence-electron chi connectivity index (χ4n) is 1.24. The van der Waals surface area contributed by atoms with Crippen molar-refractivity contribution in [1.29, 1.82) is 5.26 Å². The second kappa shape index (κ2) is 8.07. The molecule has 13 heavy (non-hydrogen) atoms. The molecule has 0 aliphatic rings. The summed E-state index contributed by atoms with van der Waals surface area (Å²) in [4.78, 5) is 0. The summed E-state index contributed by atoms with van der Waals surface area (Å²) in [5.41, 5.74) is 0. The highest BCUT2D eigenvalue weighted by Crippen LogP contribution is 2.05. The Kier molecular flexibility index (Phi) is 7.73. The maximum atomic E-state index is 8.66. The zero-order valence-electron chi connectivity index (χ0n) is 9.14. The average molecular weight is 182 g/mol. The van der Waals surface area contributed by atoms with Gasteiger partial charge in [-0.05, 0) is 25.3 Å². The molecule has 1 unspecified atom stereocenters. The van der Waals surface area contributed by atoms with Crippen LogP contribution in [-0.4, -0.2) is 12.6 Å². The molecule has 0 radical (unpaired) electrons. The molecule has 0 aliphatic heterocycles. The van der Waals surface area contributed by atoms with Crippen molar-refractivity contribution in [3.8, 4) is 6.07 Å². The van der Waals surface area contributed by atoms with Crippen LogP contribution in [0, 0.1) is 17.2 Å². The molecule has 0 aromatic carbocycles. The molecule has 0 heterocycles. The molecular formula is C11H22N2. The van der Waals surface area contributed by atoms with Crippen molar-refractivity contribution < 1.29 is 0 Å². The second-order valence-corrected chi connectivity index (χ2v) is 3.93. The molecule has 1 N–H and O–H groups in total. The summed E-state index contributed by atoms with van der Waals surface area (Å²) in [6.07, 6.45) is 4.66. The standard InChI is InChI=1S/C11H22N2/c1-4-11(9-12)13-8-6-5-7-10(2)3/h10-11,13H,4-8H2,1-3H3. The third kappa shape index (κ3) is 7.80. The van der Waals surface area contributed by atoms with Crippen molar-refractivity contribution in [3.05, 3.63) is 0 Å². The number of hydrogen-bond donors (Lipinski definition) is 1. The van der Waals surface area contributed by atoms with Crippen molar-refractivity contribution in [2.45, 2.75) is 52.5 Å². The molecular weight excluding hydrogens is 160 g/mol. The van der Waals surface area contributed by atoms with E-state index in [2.05, 4.69) is 25.2 Å². The van der Waals surface area contributed by atoms with E-state index < -0.39 is 0 Å². The first-order valence-corrected chi connectivity index (χ1v) is 5.33. The average Bonchev–Trinajstić information content (AvgIpc) is 2.11. The summed E-state index contributed by atoms with van der Waals surface area (Å²) in [5, 5.41) is 11.9. The Balaban J connectivity index is 3.21. The Hall–Kier alpha value is -0.550. The van der Waals surface area contributed by atoms with Crippen LogP contribution in [0.2, 0.25) is 0 Å². The van der Waals surface area contributed by atoms with Crippen LogP contribution in [0.25, 0.3) is 0 Å². The van der Waals surface area contributed by atoms with Crippen molar-refractivity contribution in [3.63, 3.8) is 0 Å². The molecule has 0 aromatic heterocycles. The van der Waals surface area contributed by atoms with Crippen LogP contribution < -0.4 is 5.32 Å². The van der Waals surface area contributed by atoms with Crippen LogP contribution >= 0.6 is 0 Å². The lowest BCUT2D eigenvalue weighted by molar-refractivity contribution is 0.504. The van der Waals surface area contributed by atoms with Gasteiger partial charge < -0.3 is 5.32 Å². The summed E-state index contributed by atoms with van der Waals surface area (Å²) in [7, 11) is 0. The van der Waals surface area contributed by atoms with E-state index in [-0.39, 0.29) is 6.04 Å². The minimum atomic E-state index is 0.0547. The van der Waals surface area contributed by atoms with E-state index in [0.29, 0.717) is 0 Å². The van der Waals surface area contributed by atoms with Crippen LogP contribution in [0.5, 0.6) is 0 Å². The van der Waals surface area contributed by atoms with Crippen LogP contribution in [0.1, 0.15) is 46.5 Å². The first-order valence-electron chi connectivity index (χ1n) is 5.33. The predicted molar refractivity (Wildman–Crippen MR) is 56.4 cm³/mol. The molecule has 0 spiro atoms. The van der Waals surface area contributed by atoms with E-state index >= 15 is 0 Å². The molecule has 2 nitrogen and oxygen atoms in total. The number of rotatable bonds is 7. The first-order chi connectivity index (χ1) is 6.20. The van der Waals surface area contributed by atoms with Crippen molar-refractivity contribution in [2.24, 2.45) is 5.92 Å². The molecule has 0 bridgehead atoms. The van der Waals surface area contributed by atoms with Gasteiger partial charge in [0.2, 0.25) is 0 Å². The highest BCUT2D eigenvalue weighted by Gasteiger charge is 2.01. The van der Waals surface area contributed by atoms with Gasteiger partial charge in [0.05, 0.1) is 12.1 Å². The molecule has 0 rings (SSSR count). The van der Waals surface area contributed by atoms with Crippen LogP contribution in [0.15, 0.2) is 0 Å². The topological polar surface area (TPSA) is 35.8 Å². The Morgan fingerprint density at radius 1 is 1.31 bits per heavy atom. The van der Waals surface area contributed by atoms with E-state index in [1.54, 1.807) is 0 Å². The van der Waals surface area contributed by atoms with E-state index in [9.17, 15) is 0 Å². The summed E-state index contributed by atoms with van der Waals surface area (Å²) >= 11 is 0. The molecule has 0 saturated carbocycles. The van der Waals surface area contributed by atoms with Gasteiger partial charge in [-0.3, -0.25) is 0 Å². The maximum Gasteiger partial charge on any atom is 0.0950 e. The maximum absolute atomic E-state index is 8.66. The predicted octanol–water partition coefficient (Wildman–Crippen LogP) is 2.70. The quantitative estimate of drug-likeness (QED) is 0.614. The number of unbranched alkanes of at least 4 members (excludes halogenated alkanes) is 1. The minimum absolute atomic E-state index is 0.0547. The zero-order valence-corrected chi connectivity index (χ0v) is 9.14. The summed E-state index contributed by atoms with van der Waals surface area (Å²) in [6.45, 7) is 7.52. The Bertz CT molecular complexity index is 147. The lowest BCUT2D eigenvalue weighted by atomic mass is 10.1. The Morgan fingerprint density at radius 3 is 2.46 bits per heavy atom. The zero-order chi connectivity index (χ0) is 10.1. The fraction of sp³-hybridized carbons (Fsp3) is 0.909. The van der Waals surface area contributed by atoms with Gasteiger partial charge in [-0.15, -0.1) is 0 Å². The molecule has 0 aromatic rings. The van der Waals surface area contributed by atoms with Crippen molar-refractivity contribution in [1.82, 2.24) is 5.32 Å². The molecule has 0 aliphatic carbocycles. The first kappa shape index (κ1) is 12.4. The Labute approximate surface area is 82.3 Å². The molecule has 0 saturated heterocycles. The van der Waals surface area contributed by atoms with E-state index in [4.69, 9.17) is 5.26 Å². The van der Waals surface area contributed by atoms with Gasteiger partial charge in [-0.2, -0.15) is 5.26 Å². The monoisotopic (exact) mass is 182 g/mol. The molecule has 76 valence electrons. The smallest absolute Gasteiger partial charge is 0.0950 e. The van der Waals surface area contributed by atoms with Crippen molar-refractivity contribution >= 4 is 0 Å². The minimum Gasteiger partial charge on any atom is -0.302 e. The highest BCUT2D eigenvalue weighted by atomic mass is 14.9. The molecule has 2 heteroatoms. The lowest BCUT2D eigenvalue weighted by Crippen LogP contribution is -2.27. The number of nitrogens with zero attached hydrogens (tertiary/aromatic N) is 1. The van der Waals surface area contributed by atoms with Crippen LogP contribution in [0.3, 0.4) is 0 Å². The molecule has 0 amide bonds. The largest absolute Gasteiger partial charge is 0.302 e. The third-order valence-corrected chi connectivity index (χ3v) is 2.16. The lowest BCUT2D eigenvalue weighted by Gasteiger charge is -2.09. The second-order valence-electron chi connectivity index (χ2n) is 3.93. The Morgan fingerprint density at radius 2 is 2.00 bits per heavy atom. The highest BCUT2D eigenvalue weighted by molar-refractivity contribution is 4.87. The van der Waals surface area contributed by atoms with Gasteiger partial charge in [0.1, 0.15) is 0 Å². The third-order valence-electron chi connectivity index (χ3n) is 2.16. The van der Waals surface area contributed by atoms with Gasteiger partial charge in [-0.25, -0.2) is 0 Å². The van der Waals surface area contributed by atoms with Gasteiger partial charge in [-0.1, -0.05) is 33.6 Å². The van der Waals surface area contributed by atoms with Crippen molar-refractivity contribution in [2.75, 3.05) is 6.54 Å². The van der Waals surface area contributed by atoms with Gasteiger partial charge in [0, 0.05) is 0 Å². The number of hydrogen-bond acceptors (Lipinski definition) is 2. The van der Waals surface area contributed by atoms with Gasteiger partial charge >= 0.3 is 0 Å². The van der Waals surface area contributed by atoms with Crippen LogP contribution in [0.4, 0.5) is 0 Å². The number of nitrogens with one attached hydrogen (secondary N) is 1. The normalized spacial score (nSPS) is 12.8. The SMILES string of the molecule is CCC(C#N)NCCCCC(C)C. The fourth-order valence-corrected chi connectivity index (χ4v) is 1.24. The van der Waals surface area contributed by atoms with E-state index in [1.807, 2.05) is 6.92 Å². The summed E-state index contributed by atoms with van der Waals surface area (Å²) in [5.74, 6) is 0.804. The summed E-state index contributed by atoms with van der Waals surface area (Å²) < 4.78 is 0. The number of nitriles is 1. The van der Waals surface area contributed by atoms with E-state index in [1.165, 1.54) is 19.3 Å². The van der Waals surface area contributed by atoms with E-state index in [0.717, 1.165) is 18.9 Å². The molecule has 0 fully saturated rings.